The summed E-state index contributed by atoms with van der Waals surface area (Å²) in [5, 5.41) is 8.56. The summed E-state index contributed by atoms with van der Waals surface area (Å²) in [7, 11) is 3.21. The molecule has 12 heteroatoms. The zero-order valence-electron chi connectivity index (χ0n) is 18.9. The van der Waals surface area contributed by atoms with Crippen LogP contribution in [0.15, 0.2) is 67.1 Å². The Kier molecular flexibility index (Phi) is 7.02. The van der Waals surface area contributed by atoms with Crippen molar-refractivity contribution in [3.63, 3.8) is 0 Å². The Balaban J connectivity index is 1.46. The van der Waals surface area contributed by atoms with Crippen LogP contribution in [0.2, 0.25) is 5.02 Å². The number of alkyl halides is 3. The van der Waals surface area contributed by atoms with Gasteiger partial charge >= 0.3 is 12.2 Å². The van der Waals surface area contributed by atoms with E-state index >= 15 is 0 Å². The van der Waals surface area contributed by atoms with Crippen LogP contribution in [0.3, 0.4) is 0 Å². The number of carbonyl (C=O) groups is 1. The summed E-state index contributed by atoms with van der Waals surface area (Å²) in [6.45, 7) is 0. The van der Waals surface area contributed by atoms with E-state index < -0.39 is 22.8 Å². The van der Waals surface area contributed by atoms with Gasteiger partial charge in [0.25, 0.3) is 0 Å². The summed E-state index contributed by atoms with van der Waals surface area (Å²) in [5.41, 5.74) is 0.653. The molecule has 0 aliphatic heterocycles. The Morgan fingerprint density at radius 1 is 1.06 bits per heavy atom. The number of nitrogens with one attached hydrogen (secondary N) is 2. The monoisotopic (exact) mass is 517 g/mol. The van der Waals surface area contributed by atoms with Gasteiger partial charge in [-0.15, -0.1) is 0 Å². The van der Waals surface area contributed by atoms with Gasteiger partial charge in [0.15, 0.2) is 0 Å². The molecule has 2 amide bonds. The van der Waals surface area contributed by atoms with Crippen molar-refractivity contribution >= 4 is 29.0 Å². The molecule has 8 nitrogen and oxygen atoms in total. The Morgan fingerprint density at radius 3 is 2.53 bits per heavy atom. The maximum absolute atomic E-state index is 13.1. The second-order valence-corrected chi connectivity index (χ2v) is 7.92. The average Bonchev–Trinajstić information content (AvgIpc) is 3.27. The number of carbonyl (C=O) groups excluding carboxylic acids is 1. The number of aromatic nitrogens is 3. The molecule has 0 atom stereocenters. The fourth-order valence-corrected chi connectivity index (χ4v) is 3.49. The van der Waals surface area contributed by atoms with Crippen molar-refractivity contribution in [2.75, 3.05) is 17.7 Å². The van der Waals surface area contributed by atoms with Crippen molar-refractivity contribution < 1.29 is 27.4 Å². The van der Waals surface area contributed by atoms with Gasteiger partial charge < -0.3 is 20.1 Å². The third-order valence-electron chi connectivity index (χ3n) is 4.92. The Labute approximate surface area is 208 Å². The third kappa shape index (κ3) is 5.87. The number of halogens is 4. The van der Waals surface area contributed by atoms with Crippen LogP contribution in [-0.2, 0) is 13.2 Å². The fourth-order valence-electron chi connectivity index (χ4n) is 3.27. The van der Waals surface area contributed by atoms with Gasteiger partial charge in [-0.3, -0.25) is 9.67 Å². The number of hydrogen-bond donors (Lipinski definition) is 2. The highest BCUT2D eigenvalue weighted by atomic mass is 35.5. The molecular weight excluding hydrogens is 499 g/mol. The van der Waals surface area contributed by atoms with E-state index in [0.29, 0.717) is 17.2 Å². The topological polar surface area (TPSA) is 90.3 Å². The van der Waals surface area contributed by atoms with Crippen molar-refractivity contribution in [3.8, 4) is 28.5 Å². The molecule has 2 N–H and O–H groups in total. The molecule has 0 saturated heterocycles. The summed E-state index contributed by atoms with van der Waals surface area (Å²) in [6.07, 6.45) is 0.469. The summed E-state index contributed by atoms with van der Waals surface area (Å²) >= 11 is 5.62. The number of benzene rings is 2. The lowest BCUT2D eigenvalue weighted by molar-refractivity contribution is -0.137. The van der Waals surface area contributed by atoms with E-state index in [1.807, 2.05) is 6.20 Å². The molecule has 2 aromatic carbocycles. The molecule has 2 heterocycles. The largest absolute Gasteiger partial charge is 0.494 e. The third-order valence-corrected chi connectivity index (χ3v) is 5.25. The molecule has 0 aliphatic carbocycles. The minimum atomic E-state index is -4.65. The normalized spacial score (nSPS) is 11.2. The van der Waals surface area contributed by atoms with Crippen LogP contribution in [0.1, 0.15) is 5.56 Å². The van der Waals surface area contributed by atoms with Gasteiger partial charge in [0.05, 0.1) is 35.3 Å². The molecule has 0 radical (unpaired) electrons. The van der Waals surface area contributed by atoms with Crippen molar-refractivity contribution in [2.45, 2.75) is 6.18 Å². The lowest BCUT2D eigenvalue weighted by atomic mass is 10.2. The van der Waals surface area contributed by atoms with Crippen LogP contribution in [0.5, 0.6) is 17.2 Å². The number of methoxy groups -OCH3 is 1. The molecule has 0 spiro atoms. The molecule has 186 valence electrons. The van der Waals surface area contributed by atoms with E-state index in [-0.39, 0.29) is 17.1 Å². The molecule has 0 saturated carbocycles. The molecule has 4 aromatic rings. The lowest BCUT2D eigenvalue weighted by Gasteiger charge is -2.14. The number of nitrogens with zero attached hydrogens (tertiary/aromatic N) is 3. The van der Waals surface area contributed by atoms with E-state index in [2.05, 4.69) is 20.7 Å². The lowest BCUT2D eigenvalue weighted by Crippen LogP contribution is -2.20. The molecule has 2 aromatic heterocycles. The second-order valence-electron chi connectivity index (χ2n) is 7.52. The molecule has 4 rings (SSSR count). The summed E-state index contributed by atoms with van der Waals surface area (Å²) in [5.74, 6) is 1.22. The Morgan fingerprint density at radius 2 is 1.83 bits per heavy atom. The van der Waals surface area contributed by atoms with E-state index in [1.165, 1.54) is 13.2 Å². The smallest absolute Gasteiger partial charge is 0.417 e. The SMILES string of the molecule is COc1cc(Oc2ccnc(-c3cnn(C)c3)c2)ccc1NC(=O)Nc1ccc(Cl)c(C(F)(F)F)c1. The number of anilines is 2. The number of rotatable bonds is 6. The predicted molar refractivity (Wildman–Crippen MR) is 129 cm³/mol. The highest BCUT2D eigenvalue weighted by Crippen LogP contribution is 2.36. The van der Waals surface area contributed by atoms with Gasteiger partial charge in [-0.1, -0.05) is 11.6 Å². The first-order valence-corrected chi connectivity index (χ1v) is 10.8. The zero-order chi connectivity index (χ0) is 25.9. The van der Waals surface area contributed by atoms with Crippen LogP contribution in [0.25, 0.3) is 11.3 Å². The predicted octanol–water partition coefficient (Wildman–Crippen LogP) is 6.60. The highest BCUT2D eigenvalue weighted by molar-refractivity contribution is 6.31. The first-order valence-electron chi connectivity index (χ1n) is 10.4. The average molecular weight is 518 g/mol. The van der Waals surface area contributed by atoms with E-state index in [1.54, 1.807) is 54.5 Å². The number of aryl methyl sites for hydroxylation is 1. The molecular formula is C24H19ClF3N5O3. The second kappa shape index (κ2) is 10.2. The van der Waals surface area contributed by atoms with Crippen molar-refractivity contribution in [1.29, 1.82) is 0 Å². The van der Waals surface area contributed by atoms with Crippen LogP contribution in [-0.4, -0.2) is 27.9 Å². The summed E-state index contributed by atoms with van der Waals surface area (Å²) < 4.78 is 52.1. The van der Waals surface area contributed by atoms with Crippen molar-refractivity contribution in [1.82, 2.24) is 14.8 Å². The van der Waals surface area contributed by atoms with E-state index in [9.17, 15) is 18.0 Å². The van der Waals surface area contributed by atoms with Crippen molar-refractivity contribution in [2.24, 2.45) is 7.05 Å². The summed E-state index contributed by atoms with van der Waals surface area (Å²) in [4.78, 5) is 16.7. The number of pyridine rings is 1. The number of ether oxygens (including phenoxy) is 2. The Hall–Kier alpha value is -4.25. The van der Waals surface area contributed by atoms with Gasteiger partial charge in [0.2, 0.25) is 0 Å². The minimum Gasteiger partial charge on any atom is -0.494 e. The van der Waals surface area contributed by atoms with Gasteiger partial charge in [-0.05, 0) is 36.4 Å². The zero-order valence-corrected chi connectivity index (χ0v) is 19.7. The first kappa shape index (κ1) is 24.9. The number of hydrogen-bond acceptors (Lipinski definition) is 5. The van der Waals surface area contributed by atoms with Gasteiger partial charge in [-0.25, -0.2) is 4.79 Å². The van der Waals surface area contributed by atoms with Crippen LogP contribution in [0, 0.1) is 0 Å². The minimum absolute atomic E-state index is 0.0785. The number of amides is 2. The van der Waals surface area contributed by atoms with Crippen LogP contribution < -0.4 is 20.1 Å². The molecule has 0 bridgehead atoms. The maximum Gasteiger partial charge on any atom is 0.417 e. The standard InChI is InChI=1S/C24H19ClF3N5O3/c1-33-13-14(12-30-33)21-10-17(7-8-29-21)36-16-4-6-20(22(11-16)35-2)32-23(34)31-15-3-5-19(25)18(9-15)24(26,27)28/h3-13H,1-2H3,(H2,31,32,34). The van der Waals surface area contributed by atoms with Crippen molar-refractivity contribution in [3.05, 3.63) is 77.7 Å². The molecule has 0 fully saturated rings. The first-order chi connectivity index (χ1) is 17.1. The fraction of sp³-hybridized carbons (Fsp3) is 0.125. The van der Waals surface area contributed by atoms with Crippen LogP contribution in [0.4, 0.5) is 29.3 Å². The van der Waals surface area contributed by atoms with Crippen LogP contribution >= 0.6 is 11.6 Å². The quantitative estimate of drug-likeness (QED) is 0.301. The summed E-state index contributed by atoms with van der Waals surface area (Å²) in [6, 6.07) is 10.5. The molecule has 0 aliphatic rings. The van der Waals surface area contributed by atoms with E-state index in [4.69, 9.17) is 21.1 Å². The van der Waals surface area contributed by atoms with Gasteiger partial charge in [0.1, 0.15) is 17.2 Å². The highest BCUT2D eigenvalue weighted by Gasteiger charge is 2.33. The Bertz CT molecular complexity index is 1410. The maximum atomic E-state index is 13.1. The number of urea groups is 1. The molecule has 0 unspecified atom stereocenters. The van der Waals surface area contributed by atoms with Gasteiger partial charge in [0, 0.05) is 42.8 Å². The molecule has 36 heavy (non-hydrogen) atoms. The van der Waals surface area contributed by atoms with E-state index in [0.717, 1.165) is 17.7 Å². The van der Waals surface area contributed by atoms with Gasteiger partial charge in [-0.2, -0.15) is 18.3 Å².